The number of carbonyl (C=O) groups is 2. The van der Waals surface area contributed by atoms with Gasteiger partial charge in [-0.3, -0.25) is 4.79 Å². The van der Waals surface area contributed by atoms with Gasteiger partial charge in [0.1, 0.15) is 12.4 Å². The first-order valence-electron chi connectivity index (χ1n) is 11.3. The molecule has 0 radical (unpaired) electrons. The Morgan fingerprint density at radius 1 is 0.865 bits per heavy atom. The van der Waals surface area contributed by atoms with E-state index in [1.165, 1.54) is 13.3 Å². The minimum absolute atomic E-state index is 0.270. The lowest BCUT2D eigenvalue weighted by Crippen LogP contribution is -2.19. The molecule has 4 aromatic carbocycles. The third kappa shape index (κ3) is 7.05. The number of carbonyl (C=O) groups excluding carboxylic acids is 2. The summed E-state index contributed by atoms with van der Waals surface area (Å²) in [5, 5.41) is 4.06. The van der Waals surface area contributed by atoms with Crippen molar-refractivity contribution in [2.24, 2.45) is 5.10 Å². The molecule has 0 bridgehead atoms. The van der Waals surface area contributed by atoms with Crippen molar-refractivity contribution in [2.75, 3.05) is 7.11 Å². The smallest absolute Gasteiger partial charge is 0.343 e. The fourth-order valence-electron chi connectivity index (χ4n) is 3.35. The lowest BCUT2D eigenvalue weighted by Gasteiger charge is -2.11. The fraction of sp³-hybridized carbons (Fsp3) is 0.0690. The second-order valence-electron chi connectivity index (χ2n) is 7.78. The lowest BCUT2D eigenvalue weighted by molar-refractivity contribution is 0.0729. The fourth-order valence-corrected chi connectivity index (χ4v) is 3.71. The number of ether oxygens (including phenoxy) is 3. The molecule has 0 saturated carbocycles. The molecule has 1 amide bonds. The molecule has 0 aliphatic carbocycles. The number of methoxy groups -OCH3 is 1. The van der Waals surface area contributed by atoms with Crippen molar-refractivity contribution in [1.82, 2.24) is 5.43 Å². The van der Waals surface area contributed by atoms with Crippen LogP contribution in [0.3, 0.4) is 0 Å². The van der Waals surface area contributed by atoms with E-state index in [2.05, 4.69) is 26.5 Å². The summed E-state index contributed by atoms with van der Waals surface area (Å²) in [6.07, 6.45) is 1.46. The largest absolute Gasteiger partial charge is 0.493 e. The molecule has 7 nitrogen and oxygen atoms in total. The van der Waals surface area contributed by atoms with Crippen molar-refractivity contribution in [1.29, 1.82) is 0 Å². The number of amides is 1. The number of nitrogens with one attached hydrogen (secondary N) is 1. The summed E-state index contributed by atoms with van der Waals surface area (Å²) in [5.41, 5.74) is 4.91. The highest BCUT2D eigenvalue weighted by molar-refractivity contribution is 9.10. The molecule has 0 heterocycles. The van der Waals surface area contributed by atoms with Crippen LogP contribution >= 0.6 is 15.9 Å². The summed E-state index contributed by atoms with van der Waals surface area (Å²) in [4.78, 5) is 25.2. The average molecular weight is 559 g/mol. The molecule has 0 atom stereocenters. The van der Waals surface area contributed by atoms with E-state index in [0.29, 0.717) is 34.8 Å². The minimum Gasteiger partial charge on any atom is -0.493 e. The number of rotatable bonds is 9. The highest BCUT2D eigenvalue weighted by atomic mass is 79.9. The molecule has 0 saturated heterocycles. The Morgan fingerprint density at radius 3 is 2.30 bits per heavy atom. The topological polar surface area (TPSA) is 86.2 Å². The van der Waals surface area contributed by atoms with Crippen molar-refractivity contribution < 1.29 is 23.8 Å². The molecule has 1 N–H and O–H groups in total. The zero-order valence-electron chi connectivity index (χ0n) is 19.9. The zero-order valence-corrected chi connectivity index (χ0v) is 21.5. The number of hydrogen-bond acceptors (Lipinski definition) is 6. The first-order chi connectivity index (χ1) is 18.0. The van der Waals surface area contributed by atoms with E-state index < -0.39 is 11.9 Å². The Balaban J connectivity index is 1.42. The Morgan fingerprint density at radius 2 is 1.57 bits per heavy atom. The number of halogens is 1. The van der Waals surface area contributed by atoms with E-state index in [1.807, 2.05) is 36.4 Å². The third-order valence-corrected chi connectivity index (χ3v) is 5.70. The molecule has 8 heteroatoms. The van der Waals surface area contributed by atoms with Crippen molar-refractivity contribution in [3.05, 3.63) is 124 Å². The summed E-state index contributed by atoms with van der Waals surface area (Å²) < 4.78 is 17.4. The van der Waals surface area contributed by atoms with Crippen molar-refractivity contribution in [2.45, 2.75) is 6.61 Å². The normalized spacial score (nSPS) is 10.6. The SMILES string of the molecule is COc1cc(/C=N\NC(=O)c2cc(Br)ccc2OCc2ccccc2)ccc1OC(=O)c1ccccc1. The molecule has 37 heavy (non-hydrogen) atoms. The molecule has 4 rings (SSSR count). The van der Waals surface area contributed by atoms with Crippen molar-refractivity contribution in [3.63, 3.8) is 0 Å². The summed E-state index contributed by atoms with van der Waals surface area (Å²) >= 11 is 3.40. The van der Waals surface area contributed by atoms with E-state index in [-0.39, 0.29) is 5.75 Å². The van der Waals surface area contributed by atoms with Gasteiger partial charge in [0, 0.05) is 4.47 Å². The lowest BCUT2D eigenvalue weighted by atomic mass is 10.2. The molecule has 0 aliphatic heterocycles. The van der Waals surface area contributed by atoms with E-state index in [0.717, 1.165) is 10.0 Å². The van der Waals surface area contributed by atoms with Crippen LogP contribution in [-0.2, 0) is 6.61 Å². The van der Waals surface area contributed by atoms with Gasteiger partial charge < -0.3 is 14.2 Å². The predicted molar refractivity (Wildman–Crippen MR) is 144 cm³/mol. The van der Waals surface area contributed by atoms with Crippen LogP contribution in [0.1, 0.15) is 31.8 Å². The standard InChI is InChI=1S/C29H23BrN2O5/c1-35-27-16-21(12-14-26(27)37-29(34)22-10-6-3-7-11-22)18-31-32-28(33)24-17-23(30)13-15-25(24)36-19-20-8-4-2-5-9-20/h2-18H,19H2,1H3,(H,32,33)/b31-18-. The van der Waals surface area contributed by atoms with E-state index in [4.69, 9.17) is 14.2 Å². The van der Waals surface area contributed by atoms with Gasteiger partial charge in [-0.2, -0.15) is 5.10 Å². The summed E-state index contributed by atoms with van der Waals surface area (Å²) in [7, 11) is 1.47. The Hall–Kier alpha value is -4.43. The first kappa shape index (κ1) is 25.7. The maximum atomic E-state index is 12.8. The molecule has 0 aliphatic rings. The molecule has 4 aromatic rings. The molecule has 186 valence electrons. The second kappa shape index (κ2) is 12.5. The maximum Gasteiger partial charge on any atom is 0.343 e. The minimum atomic E-state index is -0.494. The highest BCUT2D eigenvalue weighted by Crippen LogP contribution is 2.28. The van der Waals surface area contributed by atoms with Crippen molar-refractivity contribution in [3.8, 4) is 17.2 Å². The van der Waals surface area contributed by atoms with E-state index in [1.54, 1.807) is 60.7 Å². The van der Waals surface area contributed by atoms with Crippen LogP contribution in [0.2, 0.25) is 0 Å². The van der Waals surface area contributed by atoms with Gasteiger partial charge in [0.15, 0.2) is 11.5 Å². The van der Waals surface area contributed by atoms with Gasteiger partial charge in [-0.1, -0.05) is 64.5 Å². The van der Waals surface area contributed by atoms with Crippen LogP contribution in [0.5, 0.6) is 17.2 Å². The van der Waals surface area contributed by atoms with Gasteiger partial charge in [-0.15, -0.1) is 0 Å². The van der Waals surface area contributed by atoms with Crippen LogP contribution in [-0.4, -0.2) is 25.2 Å². The van der Waals surface area contributed by atoms with Gasteiger partial charge in [-0.05, 0) is 59.7 Å². The molecule has 0 unspecified atom stereocenters. The summed E-state index contributed by atoms with van der Waals surface area (Å²) in [5.74, 6) is 0.133. The quantitative estimate of drug-likeness (QED) is 0.117. The number of benzene rings is 4. The van der Waals surface area contributed by atoms with Gasteiger partial charge >= 0.3 is 5.97 Å². The average Bonchev–Trinajstić information content (AvgIpc) is 2.94. The van der Waals surface area contributed by atoms with Gasteiger partial charge in [0.05, 0.1) is 24.5 Å². The van der Waals surface area contributed by atoms with Crippen LogP contribution in [0.4, 0.5) is 0 Å². The summed E-state index contributed by atoms with van der Waals surface area (Å²) in [6.45, 7) is 0.326. The first-order valence-corrected chi connectivity index (χ1v) is 12.1. The monoisotopic (exact) mass is 558 g/mol. The molecular formula is C29H23BrN2O5. The molecule has 0 aromatic heterocycles. The number of esters is 1. The van der Waals surface area contributed by atoms with Gasteiger partial charge in [-0.25, -0.2) is 10.2 Å². The second-order valence-corrected chi connectivity index (χ2v) is 8.70. The summed E-state index contributed by atoms with van der Waals surface area (Å²) in [6, 6.07) is 28.5. The highest BCUT2D eigenvalue weighted by Gasteiger charge is 2.14. The molecular weight excluding hydrogens is 536 g/mol. The van der Waals surface area contributed by atoms with Gasteiger partial charge in [0.2, 0.25) is 0 Å². The van der Waals surface area contributed by atoms with E-state index >= 15 is 0 Å². The van der Waals surface area contributed by atoms with Crippen LogP contribution in [0, 0.1) is 0 Å². The Kier molecular flexibility index (Phi) is 8.67. The van der Waals surface area contributed by atoms with Crippen LogP contribution < -0.4 is 19.6 Å². The van der Waals surface area contributed by atoms with Crippen LogP contribution in [0.15, 0.2) is 107 Å². The van der Waals surface area contributed by atoms with Crippen molar-refractivity contribution >= 4 is 34.0 Å². The third-order valence-electron chi connectivity index (χ3n) is 5.20. The van der Waals surface area contributed by atoms with E-state index in [9.17, 15) is 9.59 Å². The Bertz CT molecular complexity index is 1410. The van der Waals surface area contributed by atoms with Gasteiger partial charge in [0.25, 0.3) is 5.91 Å². The molecule has 0 fully saturated rings. The van der Waals surface area contributed by atoms with Crippen LogP contribution in [0.25, 0.3) is 0 Å². The predicted octanol–water partition coefficient (Wildman–Crippen LogP) is 6.02. The number of nitrogens with zero attached hydrogens (tertiary/aromatic N) is 1. The zero-order chi connectivity index (χ0) is 26.0. The maximum absolute atomic E-state index is 12.8. The number of hydrogen-bond donors (Lipinski definition) is 1. The number of hydrazone groups is 1. The molecule has 0 spiro atoms. The Labute approximate surface area is 222 Å².